The summed E-state index contributed by atoms with van der Waals surface area (Å²) in [7, 11) is 0. The molecule has 0 aromatic heterocycles. The van der Waals surface area contributed by atoms with Crippen LogP contribution in [0, 0.1) is 5.92 Å². The molecule has 0 aliphatic heterocycles. The van der Waals surface area contributed by atoms with E-state index in [4.69, 9.17) is 9.47 Å². The molecule has 0 radical (unpaired) electrons. The third kappa shape index (κ3) is 3.72. The van der Waals surface area contributed by atoms with Gasteiger partial charge in [0.2, 0.25) is 0 Å². The Labute approximate surface area is 108 Å². The fourth-order valence-electron chi connectivity index (χ4n) is 1.94. The lowest BCUT2D eigenvalue weighted by Gasteiger charge is -2.16. The van der Waals surface area contributed by atoms with Crippen LogP contribution in [0.4, 0.5) is 0 Å². The summed E-state index contributed by atoms with van der Waals surface area (Å²) in [4.78, 5) is 23.8. The Balaban J connectivity index is 2.96. The normalized spacial score (nSPS) is 19.4. The van der Waals surface area contributed by atoms with E-state index in [0.717, 1.165) is 12.0 Å². The quantitative estimate of drug-likeness (QED) is 0.721. The van der Waals surface area contributed by atoms with Gasteiger partial charge in [0.1, 0.15) is 0 Å². The summed E-state index contributed by atoms with van der Waals surface area (Å²) < 4.78 is 10.0. The van der Waals surface area contributed by atoms with Gasteiger partial charge in [-0.25, -0.2) is 4.79 Å². The Kier molecular flexibility index (Phi) is 5.62. The highest BCUT2D eigenvalue weighted by Crippen LogP contribution is 2.26. The number of rotatable bonds is 4. The van der Waals surface area contributed by atoms with Crippen molar-refractivity contribution in [2.24, 2.45) is 5.92 Å². The van der Waals surface area contributed by atoms with Crippen molar-refractivity contribution in [3.8, 4) is 0 Å². The summed E-state index contributed by atoms with van der Waals surface area (Å²) in [5, 5.41) is 0. The predicted molar refractivity (Wildman–Crippen MR) is 67.8 cm³/mol. The molecule has 1 rings (SSSR count). The molecule has 0 bridgehead atoms. The van der Waals surface area contributed by atoms with E-state index in [9.17, 15) is 9.59 Å². The van der Waals surface area contributed by atoms with Crippen molar-refractivity contribution in [1.29, 1.82) is 0 Å². The molecule has 0 aromatic rings. The van der Waals surface area contributed by atoms with E-state index < -0.39 is 11.9 Å². The molecule has 0 amide bonds. The van der Waals surface area contributed by atoms with Gasteiger partial charge in [-0.15, -0.1) is 0 Å². The summed E-state index contributed by atoms with van der Waals surface area (Å²) in [5.74, 6) is -1.29. The fraction of sp³-hybridized carbons (Fsp3) is 0.571. The number of hydrogen-bond acceptors (Lipinski definition) is 4. The Morgan fingerprint density at radius 3 is 2.56 bits per heavy atom. The molecule has 0 aromatic carbocycles. The molecule has 4 heteroatoms. The summed E-state index contributed by atoms with van der Waals surface area (Å²) in [5.41, 5.74) is 1.38. The van der Waals surface area contributed by atoms with E-state index in [1.807, 2.05) is 13.0 Å². The van der Waals surface area contributed by atoms with Crippen LogP contribution < -0.4 is 0 Å². The van der Waals surface area contributed by atoms with Crippen molar-refractivity contribution in [1.82, 2.24) is 0 Å². The molecule has 100 valence electrons. The Hall–Kier alpha value is -1.58. The molecule has 18 heavy (non-hydrogen) atoms. The lowest BCUT2D eigenvalue weighted by molar-refractivity contribution is -0.150. The van der Waals surface area contributed by atoms with Crippen LogP contribution in [0.2, 0.25) is 0 Å². The van der Waals surface area contributed by atoms with E-state index in [1.54, 1.807) is 19.9 Å². The van der Waals surface area contributed by atoms with Gasteiger partial charge in [-0.3, -0.25) is 4.79 Å². The second kappa shape index (κ2) is 6.99. The lowest BCUT2D eigenvalue weighted by Crippen LogP contribution is -2.25. The van der Waals surface area contributed by atoms with Gasteiger partial charge in [-0.2, -0.15) is 0 Å². The maximum atomic E-state index is 11.9. The van der Waals surface area contributed by atoms with Crippen molar-refractivity contribution < 1.29 is 19.1 Å². The molecule has 0 saturated heterocycles. The molecule has 0 heterocycles. The molecule has 0 saturated carbocycles. The number of carbonyl (C=O) groups is 2. The highest BCUT2D eigenvalue weighted by Gasteiger charge is 2.30. The maximum absolute atomic E-state index is 11.9. The van der Waals surface area contributed by atoms with Crippen LogP contribution >= 0.6 is 0 Å². The third-order valence-corrected chi connectivity index (χ3v) is 2.76. The fourth-order valence-corrected chi connectivity index (χ4v) is 1.94. The van der Waals surface area contributed by atoms with Crippen molar-refractivity contribution in [2.75, 3.05) is 13.2 Å². The second-order valence-electron chi connectivity index (χ2n) is 4.15. The van der Waals surface area contributed by atoms with Crippen molar-refractivity contribution in [2.45, 2.75) is 33.6 Å². The Morgan fingerprint density at radius 2 is 1.94 bits per heavy atom. The average Bonchev–Trinajstić information content (AvgIpc) is 2.51. The van der Waals surface area contributed by atoms with E-state index in [1.165, 1.54) is 0 Å². The van der Waals surface area contributed by atoms with Gasteiger partial charge in [-0.1, -0.05) is 11.6 Å². The zero-order valence-electron chi connectivity index (χ0n) is 11.2. The monoisotopic (exact) mass is 252 g/mol. The van der Waals surface area contributed by atoms with Crippen LogP contribution in [0.25, 0.3) is 0 Å². The first-order valence-corrected chi connectivity index (χ1v) is 6.32. The van der Waals surface area contributed by atoms with Gasteiger partial charge in [0, 0.05) is 0 Å². The molecular formula is C14H20O4. The van der Waals surface area contributed by atoms with Crippen molar-refractivity contribution in [3.05, 3.63) is 23.3 Å². The molecule has 0 fully saturated rings. The van der Waals surface area contributed by atoms with E-state index in [2.05, 4.69) is 0 Å². The number of ether oxygens (including phenoxy) is 2. The SMILES string of the molecule is CCOC(=O)C1=CC(C)=CCCC1C(=O)OCC. The van der Waals surface area contributed by atoms with E-state index in [0.29, 0.717) is 25.2 Å². The second-order valence-corrected chi connectivity index (χ2v) is 4.15. The standard InChI is InChI=1S/C14H20O4/c1-4-17-13(15)11-8-6-7-10(3)9-12(11)14(16)18-5-2/h7,9,11H,4-6,8H2,1-3H3. The van der Waals surface area contributed by atoms with Crippen LogP contribution in [0.3, 0.4) is 0 Å². The molecule has 0 spiro atoms. The summed E-state index contributed by atoms with van der Waals surface area (Å²) >= 11 is 0. The zero-order chi connectivity index (χ0) is 13.5. The van der Waals surface area contributed by atoms with E-state index >= 15 is 0 Å². The lowest BCUT2D eigenvalue weighted by atomic mass is 9.95. The van der Waals surface area contributed by atoms with Crippen molar-refractivity contribution in [3.63, 3.8) is 0 Å². The van der Waals surface area contributed by atoms with Crippen LogP contribution in [0.1, 0.15) is 33.6 Å². The van der Waals surface area contributed by atoms with Crippen LogP contribution in [-0.2, 0) is 19.1 Å². The first-order valence-electron chi connectivity index (χ1n) is 6.32. The molecule has 4 nitrogen and oxygen atoms in total. The smallest absolute Gasteiger partial charge is 0.334 e. The van der Waals surface area contributed by atoms with Crippen LogP contribution in [0.5, 0.6) is 0 Å². The van der Waals surface area contributed by atoms with Gasteiger partial charge in [-0.05, 0) is 39.7 Å². The number of allylic oxidation sites excluding steroid dienone is 3. The number of hydrogen-bond donors (Lipinski definition) is 0. The average molecular weight is 252 g/mol. The summed E-state index contributed by atoms with van der Waals surface area (Å²) in [6, 6.07) is 0. The predicted octanol–water partition coefficient (Wildman–Crippen LogP) is 2.40. The highest BCUT2D eigenvalue weighted by molar-refractivity contribution is 5.96. The minimum absolute atomic E-state index is 0.300. The molecule has 0 N–H and O–H groups in total. The molecule has 1 aliphatic rings. The maximum Gasteiger partial charge on any atom is 0.334 e. The number of carbonyl (C=O) groups excluding carboxylic acids is 2. The minimum Gasteiger partial charge on any atom is -0.466 e. The highest BCUT2D eigenvalue weighted by atomic mass is 16.5. The van der Waals surface area contributed by atoms with Gasteiger partial charge in [0.05, 0.1) is 24.7 Å². The van der Waals surface area contributed by atoms with Crippen LogP contribution in [-0.4, -0.2) is 25.2 Å². The zero-order valence-corrected chi connectivity index (χ0v) is 11.2. The summed E-state index contributed by atoms with van der Waals surface area (Å²) in [6.45, 7) is 6.03. The number of esters is 2. The molecule has 1 unspecified atom stereocenters. The Bertz CT molecular complexity index is 379. The molecular weight excluding hydrogens is 232 g/mol. The van der Waals surface area contributed by atoms with Gasteiger partial charge < -0.3 is 9.47 Å². The third-order valence-electron chi connectivity index (χ3n) is 2.76. The van der Waals surface area contributed by atoms with Crippen LogP contribution in [0.15, 0.2) is 23.3 Å². The Morgan fingerprint density at radius 1 is 1.28 bits per heavy atom. The molecule has 1 aliphatic carbocycles. The molecule has 1 atom stereocenters. The first-order chi connectivity index (χ1) is 8.60. The van der Waals surface area contributed by atoms with Gasteiger partial charge >= 0.3 is 11.9 Å². The largest absolute Gasteiger partial charge is 0.466 e. The van der Waals surface area contributed by atoms with Crippen molar-refractivity contribution >= 4 is 11.9 Å². The summed E-state index contributed by atoms with van der Waals surface area (Å²) in [6.07, 6.45) is 5.08. The van der Waals surface area contributed by atoms with Gasteiger partial charge in [0.25, 0.3) is 0 Å². The topological polar surface area (TPSA) is 52.6 Å². The minimum atomic E-state index is -0.516. The van der Waals surface area contributed by atoms with Gasteiger partial charge in [0.15, 0.2) is 0 Å². The first kappa shape index (κ1) is 14.5. The van der Waals surface area contributed by atoms with E-state index in [-0.39, 0.29) is 5.97 Å².